The summed E-state index contributed by atoms with van der Waals surface area (Å²) in [7, 11) is 0. The van der Waals surface area contributed by atoms with E-state index in [0.717, 1.165) is 12.0 Å². The van der Waals surface area contributed by atoms with Crippen LogP contribution in [-0.2, 0) is 4.74 Å². The van der Waals surface area contributed by atoms with Crippen molar-refractivity contribution < 1.29 is 4.74 Å². The van der Waals surface area contributed by atoms with Crippen LogP contribution in [0.1, 0.15) is 70.3 Å². The molecular formula is C22H30O. The van der Waals surface area contributed by atoms with Gasteiger partial charge in [-0.15, -0.1) is 0 Å². The molecule has 0 amide bonds. The topological polar surface area (TPSA) is 9.23 Å². The van der Waals surface area contributed by atoms with Crippen molar-refractivity contribution in [1.82, 2.24) is 0 Å². The highest BCUT2D eigenvalue weighted by Gasteiger charge is 2.15. The van der Waals surface area contributed by atoms with Crippen LogP contribution < -0.4 is 0 Å². The van der Waals surface area contributed by atoms with Crippen molar-refractivity contribution in [2.45, 2.75) is 76.9 Å². The molecule has 0 bridgehead atoms. The molecule has 0 radical (unpaired) electrons. The van der Waals surface area contributed by atoms with E-state index >= 15 is 0 Å². The molecule has 0 saturated heterocycles. The zero-order chi connectivity index (χ0) is 16.2. The van der Waals surface area contributed by atoms with Crippen LogP contribution >= 0.6 is 0 Å². The van der Waals surface area contributed by atoms with E-state index in [2.05, 4.69) is 30.9 Å². The number of hydrogen-bond acceptors (Lipinski definition) is 1. The molecule has 0 fully saturated rings. The minimum absolute atomic E-state index is 0.0430. The Labute approximate surface area is 142 Å². The average molecular weight is 310 g/mol. The summed E-state index contributed by atoms with van der Waals surface area (Å²) in [6, 6.07) is 10.1. The predicted octanol–water partition coefficient (Wildman–Crippen LogP) is 5.89. The van der Waals surface area contributed by atoms with Crippen molar-refractivity contribution in [2.75, 3.05) is 0 Å². The standard InChI is InChI=1S/C22H30O/c1-2-3-4-5-6-7-11-15-21-16-12-17-22(23-21)19-18-20-13-9-8-10-14-20/h8-10,12-14,17,21-22H,2-7,11,15-16H2,1H3/t21-,22+/m1/s1. The molecule has 1 heterocycles. The third kappa shape index (κ3) is 7.53. The zero-order valence-electron chi connectivity index (χ0n) is 14.5. The molecule has 0 aromatic heterocycles. The van der Waals surface area contributed by atoms with Crippen molar-refractivity contribution >= 4 is 0 Å². The highest BCUT2D eigenvalue weighted by molar-refractivity contribution is 5.35. The smallest absolute Gasteiger partial charge is 0.137 e. The Morgan fingerprint density at radius 3 is 2.52 bits per heavy atom. The van der Waals surface area contributed by atoms with Gasteiger partial charge >= 0.3 is 0 Å². The predicted molar refractivity (Wildman–Crippen MR) is 98.3 cm³/mol. The van der Waals surface area contributed by atoms with Crippen molar-refractivity contribution in [1.29, 1.82) is 0 Å². The van der Waals surface area contributed by atoms with Crippen molar-refractivity contribution in [2.24, 2.45) is 0 Å². The molecule has 1 aromatic rings. The molecule has 23 heavy (non-hydrogen) atoms. The van der Waals surface area contributed by atoms with E-state index in [1.165, 1.54) is 51.4 Å². The number of benzene rings is 1. The van der Waals surface area contributed by atoms with Gasteiger partial charge in [0, 0.05) is 5.56 Å². The SMILES string of the molecule is CCCCCCCCC[C@@H]1CC=C[C@@H](C#Cc2ccccc2)O1. The van der Waals surface area contributed by atoms with E-state index in [4.69, 9.17) is 4.74 Å². The molecule has 0 N–H and O–H groups in total. The van der Waals surface area contributed by atoms with Gasteiger partial charge in [0.15, 0.2) is 0 Å². The first-order chi connectivity index (χ1) is 11.4. The van der Waals surface area contributed by atoms with Gasteiger partial charge in [-0.05, 0) is 31.1 Å². The first kappa shape index (κ1) is 17.8. The fourth-order valence-electron chi connectivity index (χ4n) is 2.94. The lowest BCUT2D eigenvalue weighted by Gasteiger charge is -2.23. The van der Waals surface area contributed by atoms with E-state index in [0.29, 0.717) is 6.10 Å². The van der Waals surface area contributed by atoms with Crippen LogP contribution in [0, 0.1) is 11.8 Å². The van der Waals surface area contributed by atoms with Crippen LogP contribution in [-0.4, -0.2) is 12.2 Å². The van der Waals surface area contributed by atoms with E-state index in [1.807, 2.05) is 30.3 Å². The van der Waals surface area contributed by atoms with Crippen molar-refractivity contribution in [3.8, 4) is 11.8 Å². The minimum Gasteiger partial charge on any atom is -0.358 e. The van der Waals surface area contributed by atoms with E-state index < -0.39 is 0 Å². The quantitative estimate of drug-likeness (QED) is 0.330. The van der Waals surface area contributed by atoms with Crippen LogP contribution in [0.2, 0.25) is 0 Å². The molecule has 1 aliphatic heterocycles. The fraction of sp³-hybridized carbons (Fsp3) is 0.545. The number of unbranched alkanes of at least 4 members (excludes halogenated alkanes) is 6. The summed E-state index contributed by atoms with van der Waals surface area (Å²) in [5, 5.41) is 0. The molecule has 1 heteroatoms. The molecule has 0 spiro atoms. The second-order valence-corrected chi connectivity index (χ2v) is 6.39. The molecule has 2 rings (SSSR count). The molecule has 1 aromatic carbocycles. The van der Waals surface area contributed by atoms with E-state index in [1.54, 1.807) is 0 Å². The lowest BCUT2D eigenvalue weighted by Crippen LogP contribution is -2.22. The van der Waals surface area contributed by atoms with Crippen LogP contribution in [0.25, 0.3) is 0 Å². The lowest BCUT2D eigenvalue weighted by atomic mass is 10.0. The monoisotopic (exact) mass is 310 g/mol. The molecule has 1 nitrogen and oxygen atoms in total. The second-order valence-electron chi connectivity index (χ2n) is 6.39. The van der Waals surface area contributed by atoms with Crippen molar-refractivity contribution in [3.05, 3.63) is 48.0 Å². The first-order valence-electron chi connectivity index (χ1n) is 9.27. The second kappa shape index (κ2) is 11.1. The van der Waals surface area contributed by atoms with Gasteiger partial charge in [0.1, 0.15) is 6.10 Å². The Balaban J connectivity index is 1.65. The van der Waals surface area contributed by atoms with Crippen LogP contribution in [0.3, 0.4) is 0 Å². The Morgan fingerprint density at radius 2 is 1.74 bits per heavy atom. The van der Waals surface area contributed by atoms with Gasteiger partial charge in [0.2, 0.25) is 0 Å². The van der Waals surface area contributed by atoms with Gasteiger partial charge in [-0.3, -0.25) is 0 Å². The maximum atomic E-state index is 6.09. The summed E-state index contributed by atoms with van der Waals surface area (Å²) in [5.41, 5.74) is 1.05. The molecule has 0 aliphatic carbocycles. The third-order valence-corrected chi connectivity index (χ3v) is 4.31. The maximum absolute atomic E-state index is 6.09. The highest BCUT2D eigenvalue weighted by atomic mass is 16.5. The van der Waals surface area contributed by atoms with Gasteiger partial charge in [-0.25, -0.2) is 0 Å². The molecule has 1 aliphatic rings. The summed E-state index contributed by atoms with van der Waals surface area (Å²) in [6.45, 7) is 2.27. The van der Waals surface area contributed by atoms with Gasteiger partial charge < -0.3 is 4.74 Å². The van der Waals surface area contributed by atoms with Gasteiger partial charge in [-0.2, -0.15) is 0 Å². The van der Waals surface area contributed by atoms with Crippen LogP contribution in [0.5, 0.6) is 0 Å². The average Bonchev–Trinajstić information content (AvgIpc) is 2.60. The summed E-state index contributed by atoms with van der Waals surface area (Å²) < 4.78 is 6.09. The molecule has 0 unspecified atom stereocenters. The highest BCUT2D eigenvalue weighted by Crippen LogP contribution is 2.18. The Kier molecular flexibility index (Phi) is 8.59. The molecule has 2 atom stereocenters. The van der Waals surface area contributed by atoms with E-state index in [9.17, 15) is 0 Å². The fourth-order valence-corrected chi connectivity index (χ4v) is 2.94. The maximum Gasteiger partial charge on any atom is 0.137 e. The summed E-state index contributed by atoms with van der Waals surface area (Å²) in [4.78, 5) is 0. The number of ether oxygens (including phenoxy) is 1. The molecular weight excluding hydrogens is 280 g/mol. The molecule has 124 valence electrons. The van der Waals surface area contributed by atoms with Gasteiger partial charge in [-0.1, -0.05) is 88.0 Å². The Bertz CT molecular complexity index is 506. The zero-order valence-corrected chi connectivity index (χ0v) is 14.5. The molecule has 0 saturated carbocycles. The minimum atomic E-state index is -0.0430. The summed E-state index contributed by atoms with van der Waals surface area (Å²) in [5.74, 6) is 6.44. The largest absolute Gasteiger partial charge is 0.358 e. The summed E-state index contributed by atoms with van der Waals surface area (Å²) >= 11 is 0. The summed E-state index contributed by atoms with van der Waals surface area (Å²) in [6.07, 6.45) is 16.4. The van der Waals surface area contributed by atoms with Crippen LogP contribution in [0.4, 0.5) is 0 Å². The van der Waals surface area contributed by atoms with Gasteiger partial charge in [0.25, 0.3) is 0 Å². The Morgan fingerprint density at radius 1 is 1.00 bits per heavy atom. The van der Waals surface area contributed by atoms with Crippen molar-refractivity contribution in [3.63, 3.8) is 0 Å². The third-order valence-electron chi connectivity index (χ3n) is 4.31. The number of rotatable bonds is 8. The van der Waals surface area contributed by atoms with Gasteiger partial charge in [0.05, 0.1) is 6.10 Å². The van der Waals surface area contributed by atoms with E-state index in [-0.39, 0.29) is 6.10 Å². The lowest BCUT2D eigenvalue weighted by molar-refractivity contribution is 0.0275. The normalized spacial score (nSPS) is 20.0. The number of hydrogen-bond donors (Lipinski definition) is 0. The first-order valence-corrected chi connectivity index (χ1v) is 9.27. The van der Waals surface area contributed by atoms with Crippen LogP contribution in [0.15, 0.2) is 42.5 Å². The Hall–Kier alpha value is -1.52.